The zero-order valence-corrected chi connectivity index (χ0v) is 16.6. The Labute approximate surface area is 161 Å². The number of benzene rings is 2. The highest BCUT2D eigenvalue weighted by Crippen LogP contribution is 2.31. The quantitative estimate of drug-likeness (QED) is 0.662. The minimum atomic E-state index is -3.20. The number of thiazole rings is 1. The third-order valence-corrected chi connectivity index (χ3v) is 6.92. The number of aromatic nitrogens is 1. The first kappa shape index (κ1) is 17.6. The number of hydrogen-bond donors (Lipinski definition) is 0. The van der Waals surface area contributed by atoms with Crippen LogP contribution < -0.4 is 9.80 Å². The van der Waals surface area contributed by atoms with Crippen molar-refractivity contribution in [2.75, 3.05) is 42.2 Å². The number of hydrogen-bond acceptors (Lipinski definition) is 6. The van der Waals surface area contributed by atoms with Gasteiger partial charge in [-0.05, 0) is 36.4 Å². The van der Waals surface area contributed by atoms with Crippen molar-refractivity contribution in [1.82, 2.24) is 4.98 Å². The number of nitrogens with zero attached hydrogens (tertiary/aromatic N) is 3. The summed E-state index contributed by atoms with van der Waals surface area (Å²) in [5.41, 5.74) is 1.98. The highest BCUT2D eigenvalue weighted by molar-refractivity contribution is 7.90. The van der Waals surface area contributed by atoms with Crippen molar-refractivity contribution in [3.63, 3.8) is 0 Å². The molecule has 0 amide bonds. The maximum atomic E-state index is 11.7. The van der Waals surface area contributed by atoms with E-state index in [-0.39, 0.29) is 0 Å². The standard InChI is InChI=1S/C18H18ClN3O2S2/c1-26(23,24)15-5-6-16-17(12-15)25-18(20-16)22-9-7-21(8-10-22)14-4-2-3-13(19)11-14/h2-6,11-12H,7-10H2,1H3. The molecular formula is C18H18ClN3O2S2. The van der Waals surface area contributed by atoms with Gasteiger partial charge in [-0.15, -0.1) is 0 Å². The molecule has 0 aliphatic carbocycles. The summed E-state index contributed by atoms with van der Waals surface area (Å²) in [5, 5.41) is 1.69. The monoisotopic (exact) mass is 407 g/mol. The Bertz CT molecular complexity index is 1060. The zero-order valence-electron chi connectivity index (χ0n) is 14.2. The molecule has 26 heavy (non-hydrogen) atoms. The zero-order chi connectivity index (χ0) is 18.3. The van der Waals surface area contributed by atoms with E-state index in [2.05, 4.69) is 20.9 Å². The predicted octanol–water partition coefficient (Wildman–Crippen LogP) is 3.68. The summed E-state index contributed by atoms with van der Waals surface area (Å²) in [4.78, 5) is 9.59. The van der Waals surface area contributed by atoms with E-state index in [1.165, 1.54) is 6.26 Å². The van der Waals surface area contributed by atoms with Crippen molar-refractivity contribution in [2.24, 2.45) is 0 Å². The lowest BCUT2D eigenvalue weighted by atomic mass is 10.2. The van der Waals surface area contributed by atoms with Crippen molar-refractivity contribution >= 4 is 53.8 Å². The number of sulfone groups is 1. The van der Waals surface area contributed by atoms with Crippen molar-refractivity contribution < 1.29 is 8.42 Å². The summed E-state index contributed by atoms with van der Waals surface area (Å²) in [7, 11) is -3.20. The Morgan fingerprint density at radius 1 is 1.04 bits per heavy atom. The Morgan fingerprint density at radius 2 is 1.77 bits per heavy atom. The highest BCUT2D eigenvalue weighted by atomic mass is 35.5. The Balaban J connectivity index is 1.52. The van der Waals surface area contributed by atoms with E-state index in [1.807, 2.05) is 18.2 Å². The fraction of sp³-hybridized carbons (Fsp3) is 0.278. The Morgan fingerprint density at radius 3 is 2.46 bits per heavy atom. The van der Waals surface area contributed by atoms with Gasteiger partial charge in [-0.2, -0.15) is 0 Å². The van der Waals surface area contributed by atoms with Gasteiger partial charge < -0.3 is 9.80 Å². The molecule has 4 rings (SSSR count). The second-order valence-corrected chi connectivity index (χ2v) is 9.81. The molecule has 1 saturated heterocycles. The van der Waals surface area contributed by atoms with Crippen LogP contribution >= 0.6 is 22.9 Å². The molecule has 1 fully saturated rings. The van der Waals surface area contributed by atoms with E-state index in [0.717, 1.165) is 52.2 Å². The Kier molecular flexibility index (Phi) is 4.54. The summed E-state index contributed by atoms with van der Waals surface area (Å²) in [5.74, 6) is 0. The van der Waals surface area contributed by atoms with Gasteiger partial charge in [-0.25, -0.2) is 13.4 Å². The molecular weight excluding hydrogens is 390 g/mol. The van der Waals surface area contributed by atoms with Gasteiger partial charge >= 0.3 is 0 Å². The maximum Gasteiger partial charge on any atom is 0.186 e. The van der Waals surface area contributed by atoms with Crippen LogP contribution in [0.3, 0.4) is 0 Å². The lowest BCUT2D eigenvalue weighted by molar-refractivity contribution is 0.602. The lowest BCUT2D eigenvalue weighted by Gasteiger charge is -2.36. The average molecular weight is 408 g/mol. The van der Waals surface area contributed by atoms with Crippen LogP contribution in [0.2, 0.25) is 5.02 Å². The van der Waals surface area contributed by atoms with Gasteiger partial charge in [0.1, 0.15) is 0 Å². The topological polar surface area (TPSA) is 53.5 Å². The highest BCUT2D eigenvalue weighted by Gasteiger charge is 2.20. The van der Waals surface area contributed by atoms with Crippen LogP contribution in [0, 0.1) is 0 Å². The number of piperazine rings is 1. The fourth-order valence-electron chi connectivity index (χ4n) is 3.09. The summed E-state index contributed by atoms with van der Waals surface area (Å²) >= 11 is 7.63. The summed E-state index contributed by atoms with van der Waals surface area (Å²) < 4.78 is 24.4. The van der Waals surface area contributed by atoms with E-state index in [0.29, 0.717) is 4.90 Å². The van der Waals surface area contributed by atoms with Gasteiger partial charge in [0, 0.05) is 43.1 Å². The van der Waals surface area contributed by atoms with Crippen molar-refractivity contribution in [3.8, 4) is 0 Å². The molecule has 1 aromatic heterocycles. The van der Waals surface area contributed by atoms with Crippen LogP contribution in [-0.2, 0) is 9.84 Å². The third kappa shape index (κ3) is 3.51. The summed E-state index contributed by atoms with van der Waals surface area (Å²) in [6, 6.07) is 13.0. The molecule has 5 nitrogen and oxygen atoms in total. The van der Waals surface area contributed by atoms with Gasteiger partial charge in [0.05, 0.1) is 15.1 Å². The summed E-state index contributed by atoms with van der Waals surface area (Å²) in [6.07, 6.45) is 1.23. The molecule has 1 aliphatic heterocycles. The van der Waals surface area contributed by atoms with E-state index in [4.69, 9.17) is 11.6 Å². The second kappa shape index (κ2) is 6.72. The van der Waals surface area contributed by atoms with Crippen LogP contribution in [-0.4, -0.2) is 45.8 Å². The average Bonchev–Trinajstić information content (AvgIpc) is 3.04. The molecule has 0 saturated carbocycles. The predicted molar refractivity (Wildman–Crippen MR) is 109 cm³/mol. The maximum absolute atomic E-state index is 11.7. The normalized spacial score (nSPS) is 15.6. The smallest absolute Gasteiger partial charge is 0.186 e. The van der Waals surface area contributed by atoms with E-state index in [9.17, 15) is 8.42 Å². The molecule has 0 bridgehead atoms. The van der Waals surface area contributed by atoms with Crippen molar-refractivity contribution in [2.45, 2.75) is 4.90 Å². The van der Waals surface area contributed by atoms with Crippen LogP contribution in [0.25, 0.3) is 10.2 Å². The van der Waals surface area contributed by atoms with Crippen LogP contribution in [0.4, 0.5) is 10.8 Å². The van der Waals surface area contributed by atoms with Crippen LogP contribution in [0.5, 0.6) is 0 Å². The molecule has 2 aromatic carbocycles. The van der Waals surface area contributed by atoms with E-state index >= 15 is 0 Å². The number of halogens is 1. The van der Waals surface area contributed by atoms with Gasteiger partial charge in [0.25, 0.3) is 0 Å². The first-order valence-electron chi connectivity index (χ1n) is 8.26. The molecule has 0 radical (unpaired) electrons. The molecule has 3 aromatic rings. The molecule has 0 atom stereocenters. The van der Waals surface area contributed by atoms with E-state index < -0.39 is 9.84 Å². The minimum absolute atomic E-state index is 0.339. The van der Waals surface area contributed by atoms with E-state index in [1.54, 1.807) is 29.5 Å². The number of anilines is 2. The first-order chi connectivity index (χ1) is 12.4. The minimum Gasteiger partial charge on any atom is -0.368 e. The van der Waals surface area contributed by atoms with Crippen molar-refractivity contribution in [3.05, 3.63) is 47.5 Å². The largest absolute Gasteiger partial charge is 0.368 e. The molecule has 0 spiro atoms. The van der Waals surface area contributed by atoms with Gasteiger partial charge in [0.15, 0.2) is 15.0 Å². The van der Waals surface area contributed by atoms with Gasteiger partial charge in [0.2, 0.25) is 0 Å². The molecule has 0 N–H and O–H groups in total. The molecule has 8 heteroatoms. The first-order valence-corrected chi connectivity index (χ1v) is 11.3. The number of fused-ring (bicyclic) bond motifs is 1. The number of rotatable bonds is 3. The third-order valence-electron chi connectivity index (χ3n) is 4.50. The lowest BCUT2D eigenvalue weighted by Crippen LogP contribution is -2.46. The molecule has 1 aliphatic rings. The summed E-state index contributed by atoms with van der Waals surface area (Å²) in [6.45, 7) is 3.52. The van der Waals surface area contributed by atoms with Crippen LogP contribution in [0.1, 0.15) is 0 Å². The SMILES string of the molecule is CS(=O)(=O)c1ccc2nc(N3CCN(c4cccc(Cl)c4)CC3)sc2c1. The van der Waals surface area contributed by atoms with Crippen LogP contribution in [0.15, 0.2) is 47.4 Å². The molecule has 0 unspecified atom stereocenters. The second-order valence-electron chi connectivity index (χ2n) is 6.35. The molecule has 136 valence electrons. The molecule has 2 heterocycles. The fourth-order valence-corrected chi connectivity index (χ4v) is 5.05. The van der Waals surface area contributed by atoms with Gasteiger partial charge in [-0.1, -0.05) is 29.0 Å². The van der Waals surface area contributed by atoms with Gasteiger partial charge in [-0.3, -0.25) is 0 Å². The Hall–Kier alpha value is -1.83. The van der Waals surface area contributed by atoms with Crippen molar-refractivity contribution in [1.29, 1.82) is 0 Å².